The summed E-state index contributed by atoms with van der Waals surface area (Å²) in [5, 5.41) is 20.0. The lowest BCUT2D eigenvalue weighted by atomic mass is 9.82. The molecule has 3 rings (SSSR count). The fourth-order valence-electron chi connectivity index (χ4n) is 3.12. The fourth-order valence-corrected chi connectivity index (χ4v) is 3.25. The van der Waals surface area contributed by atoms with E-state index in [1.807, 2.05) is 30.5 Å². The Morgan fingerprint density at radius 1 is 1.20 bits per heavy atom. The average Bonchev–Trinajstić information content (AvgIpc) is 2.90. The summed E-state index contributed by atoms with van der Waals surface area (Å²) in [6.45, 7) is 0. The number of aromatic nitrogens is 3. The molecule has 0 aliphatic heterocycles. The Balaban J connectivity index is 2.02. The Bertz CT molecular complexity index is 555. The molecule has 0 bridgehead atoms. The molecule has 106 valence electrons. The zero-order chi connectivity index (χ0) is 14.0. The number of nitrogens with zero attached hydrogens (tertiary/aromatic N) is 3. The lowest BCUT2D eigenvalue weighted by molar-refractivity contribution is -0.0291. The Labute approximate surface area is 123 Å². The van der Waals surface area contributed by atoms with Gasteiger partial charge in [-0.25, -0.2) is 4.68 Å². The third-order valence-corrected chi connectivity index (χ3v) is 4.44. The van der Waals surface area contributed by atoms with Crippen molar-refractivity contribution in [3.8, 4) is 0 Å². The van der Waals surface area contributed by atoms with E-state index in [9.17, 15) is 5.11 Å². The highest BCUT2D eigenvalue weighted by Gasteiger charge is 2.40. The monoisotopic (exact) mass is 291 g/mol. The first kappa shape index (κ1) is 13.6. The van der Waals surface area contributed by atoms with Gasteiger partial charge in [-0.2, -0.15) is 0 Å². The van der Waals surface area contributed by atoms with E-state index < -0.39 is 5.60 Å². The molecule has 1 saturated carbocycles. The van der Waals surface area contributed by atoms with E-state index >= 15 is 0 Å². The SMILES string of the molecule is OC1(c2ccc(Cl)cc2)CCCCCC1n1ccnn1. The minimum absolute atomic E-state index is 0.0753. The van der Waals surface area contributed by atoms with Gasteiger partial charge in [0.05, 0.1) is 12.2 Å². The van der Waals surface area contributed by atoms with Crippen LogP contribution in [-0.2, 0) is 5.60 Å². The van der Waals surface area contributed by atoms with E-state index in [1.165, 1.54) is 0 Å². The summed E-state index contributed by atoms with van der Waals surface area (Å²) < 4.78 is 1.79. The maximum atomic E-state index is 11.3. The first-order valence-electron chi connectivity index (χ1n) is 7.04. The van der Waals surface area contributed by atoms with Crippen molar-refractivity contribution in [1.29, 1.82) is 0 Å². The first-order chi connectivity index (χ1) is 9.70. The van der Waals surface area contributed by atoms with Crippen LogP contribution in [0.1, 0.15) is 43.7 Å². The second-order valence-corrected chi connectivity index (χ2v) is 5.87. The summed E-state index contributed by atoms with van der Waals surface area (Å²) >= 11 is 5.95. The third-order valence-electron chi connectivity index (χ3n) is 4.19. The van der Waals surface area contributed by atoms with Crippen LogP contribution in [-0.4, -0.2) is 20.1 Å². The van der Waals surface area contributed by atoms with E-state index in [-0.39, 0.29) is 6.04 Å². The molecular weight excluding hydrogens is 274 g/mol. The molecule has 0 radical (unpaired) electrons. The van der Waals surface area contributed by atoms with Crippen molar-refractivity contribution in [2.75, 3.05) is 0 Å². The number of aliphatic hydroxyl groups is 1. The topological polar surface area (TPSA) is 50.9 Å². The van der Waals surface area contributed by atoms with Gasteiger partial charge in [0.15, 0.2) is 0 Å². The Morgan fingerprint density at radius 3 is 2.70 bits per heavy atom. The van der Waals surface area contributed by atoms with Gasteiger partial charge in [-0.05, 0) is 30.5 Å². The summed E-state index contributed by atoms with van der Waals surface area (Å²) in [6, 6.07) is 7.42. The smallest absolute Gasteiger partial charge is 0.112 e. The van der Waals surface area contributed by atoms with E-state index in [2.05, 4.69) is 10.3 Å². The number of halogens is 1. The van der Waals surface area contributed by atoms with Gasteiger partial charge >= 0.3 is 0 Å². The molecule has 4 nitrogen and oxygen atoms in total. The molecule has 1 aromatic heterocycles. The highest BCUT2D eigenvalue weighted by Crippen LogP contribution is 2.43. The molecule has 1 aliphatic carbocycles. The second-order valence-electron chi connectivity index (χ2n) is 5.43. The highest BCUT2D eigenvalue weighted by atomic mass is 35.5. The molecule has 1 aliphatic rings. The van der Waals surface area contributed by atoms with Crippen molar-refractivity contribution in [3.05, 3.63) is 47.2 Å². The third kappa shape index (κ3) is 2.45. The molecule has 20 heavy (non-hydrogen) atoms. The average molecular weight is 292 g/mol. The molecule has 5 heteroatoms. The van der Waals surface area contributed by atoms with Crippen molar-refractivity contribution < 1.29 is 5.11 Å². The second kappa shape index (κ2) is 5.54. The summed E-state index contributed by atoms with van der Waals surface area (Å²) in [4.78, 5) is 0. The standard InChI is InChI=1S/C15H18ClN3O/c16-13-7-5-12(6-8-13)15(20)9-3-1-2-4-14(15)19-11-10-17-18-19/h5-8,10-11,14,20H,1-4,9H2. The van der Waals surface area contributed by atoms with Crippen LogP contribution < -0.4 is 0 Å². The van der Waals surface area contributed by atoms with E-state index in [0.717, 1.165) is 37.7 Å². The molecule has 1 heterocycles. The largest absolute Gasteiger partial charge is 0.383 e. The van der Waals surface area contributed by atoms with Crippen LogP contribution in [0.2, 0.25) is 5.02 Å². The quantitative estimate of drug-likeness (QED) is 0.864. The van der Waals surface area contributed by atoms with Crippen LogP contribution in [0.15, 0.2) is 36.7 Å². The van der Waals surface area contributed by atoms with E-state index in [4.69, 9.17) is 11.6 Å². The zero-order valence-corrected chi connectivity index (χ0v) is 12.0. The predicted octanol–water partition coefficient (Wildman–Crippen LogP) is 3.32. The van der Waals surface area contributed by atoms with Gasteiger partial charge in [-0.1, -0.05) is 48.2 Å². The molecule has 0 saturated heterocycles. The number of rotatable bonds is 2. The molecule has 1 fully saturated rings. The van der Waals surface area contributed by atoms with E-state index in [0.29, 0.717) is 5.02 Å². The predicted molar refractivity (Wildman–Crippen MR) is 77.5 cm³/mol. The minimum Gasteiger partial charge on any atom is -0.383 e. The van der Waals surface area contributed by atoms with Gasteiger partial charge < -0.3 is 5.11 Å². The summed E-state index contributed by atoms with van der Waals surface area (Å²) in [5.74, 6) is 0. The Hall–Kier alpha value is -1.39. The molecule has 0 spiro atoms. The molecule has 2 unspecified atom stereocenters. The normalized spacial score (nSPS) is 27.2. The summed E-state index contributed by atoms with van der Waals surface area (Å²) in [6.07, 6.45) is 8.39. The first-order valence-corrected chi connectivity index (χ1v) is 7.42. The number of hydrogen-bond donors (Lipinski definition) is 1. The van der Waals surface area contributed by atoms with Crippen LogP contribution in [0.25, 0.3) is 0 Å². The molecule has 2 aromatic rings. The van der Waals surface area contributed by atoms with Gasteiger partial charge in [0.1, 0.15) is 5.60 Å². The Morgan fingerprint density at radius 2 is 2.00 bits per heavy atom. The van der Waals surface area contributed by atoms with Crippen molar-refractivity contribution in [3.63, 3.8) is 0 Å². The van der Waals surface area contributed by atoms with Crippen LogP contribution >= 0.6 is 11.6 Å². The van der Waals surface area contributed by atoms with Crippen LogP contribution in [0.5, 0.6) is 0 Å². The van der Waals surface area contributed by atoms with Gasteiger partial charge in [-0.3, -0.25) is 0 Å². The Kier molecular flexibility index (Phi) is 3.76. The van der Waals surface area contributed by atoms with Gasteiger partial charge in [0.25, 0.3) is 0 Å². The molecule has 2 atom stereocenters. The summed E-state index contributed by atoms with van der Waals surface area (Å²) in [7, 11) is 0. The highest BCUT2D eigenvalue weighted by molar-refractivity contribution is 6.30. The van der Waals surface area contributed by atoms with Gasteiger partial charge in [0.2, 0.25) is 0 Å². The van der Waals surface area contributed by atoms with E-state index in [1.54, 1.807) is 10.9 Å². The maximum Gasteiger partial charge on any atom is 0.112 e. The van der Waals surface area contributed by atoms with Crippen molar-refractivity contribution in [2.24, 2.45) is 0 Å². The lowest BCUT2D eigenvalue weighted by Gasteiger charge is -2.35. The van der Waals surface area contributed by atoms with Crippen LogP contribution in [0.4, 0.5) is 0 Å². The molecule has 1 N–H and O–H groups in total. The molecular formula is C15H18ClN3O. The van der Waals surface area contributed by atoms with Crippen LogP contribution in [0, 0.1) is 0 Å². The molecule has 1 aromatic carbocycles. The fraction of sp³-hybridized carbons (Fsp3) is 0.467. The lowest BCUT2D eigenvalue weighted by Crippen LogP contribution is -2.36. The van der Waals surface area contributed by atoms with Crippen molar-refractivity contribution in [1.82, 2.24) is 15.0 Å². The van der Waals surface area contributed by atoms with Gasteiger partial charge in [0, 0.05) is 11.2 Å². The number of benzene rings is 1. The minimum atomic E-state index is -0.908. The zero-order valence-electron chi connectivity index (χ0n) is 11.2. The number of hydrogen-bond acceptors (Lipinski definition) is 3. The summed E-state index contributed by atoms with van der Waals surface area (Å²) in [5.41, 5.74) is -0.00119. The van der Waals surface area contributed by atoms with Crippen molar-refractivity contribution >= 4 is 11.6 Å². The maximum absolute atomic E-state index is 11.3. The molecule has 0 amide bonds. The van der Waals surface area contributed by atoms with Gasteiger partial charge in [-0.15, -0.1) is 5.10 Å². The van der Waals surface area contributed by atoms with Crippen molar-refractivity contribution in [2.45, 2.75) is 43.7 Å². The van der Waals surface area contributed by atoms with Crippen LogP contribution in [0.3, 0.4) is 0 Å².